The number of alkyl halides is 1. The lowest BCUT2D eigenvalue weighted by Gasteiger charge is -2.24. The number of carboxylic acid groups (broad SMARTS) is 1. The van der Waals surface area contributed by atoms with E-state index in [1.165, 1.54) is 0 Å². The molecule has 4 heteroatoms. The van der Waals surface area contributed by atoms with Gasteiger partial charge in [-0.15, -0.1) is 0 Å². The zero-order chi connectivity index (χ0) is 9.78. The summed E-state index contributed by atoms with van der Waals surface area (Å²) in [7, 11) is 0. The van der Waals surface area contributed by atoms with Crippen LogP contribution in [0.3, 0.4) is 0 Å². The van der Waals surface area contributed by atoms with Crippen molar-refractivity contribution >= 4 is 5.97 Å². The molecule has 0 fully saturated rings. The number of aliphatic carboxylic acids is 1. The number of carbonyl (C=O) groups is 1. The standard InChI is InChI=1S/C8H16FNO2/c1-4-10(5-2)6-8(3,9)7(11)12/h4-6H2,1-3H3,(H,11,12). The van der Waals surface area contributed by atoms with Gasteiger partial charge in [0.2, 0.25) is 5.67 Å². The van der Waals surface area contributed by atoms with Gasteiger partial charge in [0.1, 0.15) is 0 Å². The molecule has 0 saturated heterocycles. The van der Waals surface area contributed by atoms with Gasteiger partial charge < -0.3 is 10.0 Å². The van der Waals surface area contributed by atoms with Crippen LogP contribution in [0.15, 0.2) is 0 Å². The number of hydrogen-bond acceptors (Lipinski definition) is 2. The minimum absolute atomic E-state index is 0.0463. The van der Waals surface area contributed by atoms with Gasteiger partial charge in [0.25, 0.3) is 0 Å². The van der Waals surface area contributed by atoms with Crippen molar-refractivity contribution in [1.29, 1.82) is 0 Å². The molecule has 1 atom stereocenters. The van der Waals surface area contributed by atoms with E-state index in [9.17, 15) is 9.18 Å². The molecular formula is C8H16FNO2. The summed E-state index contributed by atoms with van der Waals surface area (Å²) in [5.41, 5.74) is -2.13. The third-order valence-electron chi connectivity index (χ3n) is 1.86. The molecule has 0 aliphatic heterocycles. The smallest absolute Gasteiger partial charge is 0.342 e. The first-order valence-electron chi connectivity index (χ1n) is 4.08. The summed E-state index contributed by atoms with van der Waals surface area (Å²) >= 11 is 0. The van der Waals surface area contributed by atoms with Crippen molar-refractivity contribution < 1.29 is 14.3 Å². The van der Waals surface area contributed by atoms with Gasteiger partial charge in [-0.3, -0.25) is 0 Å². The van der Waals surface area contributed by atoms with Crippen LogP contribution in [-0.4, -0.2) is 41.3 Å². The summed E-state index contributed by atoms with van der Waals surface area (Å²) in [4.78, 5) is 12.1. The topological polar surface area (TPSA) is 40.5 Å². The molecule has 1 unspecified atom stereocenters. The van der Waals surface area contributed by atoms with E-state index < -0.39 is 11.6 Å². The molecule has 3 nitrogen and oxygen atoms in total. The Morgan fingerprint density at radius 3 is 2.17 bits per heavy atom. The molecular weight excluding hydrogens is 161 g/mol. The summed E-state index contributed by atoms with van der Waals surface area (Å²) in [6.07, 6.45) is 0. The Kier molecular flexibility index (Phi) is 4.17. The molecule has 0 amide bonds. The van der Waals surface area contributed by atoms with E-state index in [0.29, 0.717) is 13.1 Å². The quantitative estimate of drug-likeness (QED) is 0.684. The molecule has 0 aliphatic rings. The van der Waals surface area contributed by atoms with Crippen LogP contribution in [-0.2, 0) is 4.79 Å². The van der Waals surface area contributed by atoms with Crippen LogP contribution in [0.1, 0.15) is 20.8 Å². The Balaban J connectivity index is 4.12. The second-order valence-electron chi connectivity index (χ2n) is 2.96. The van der Waals surface area contributed by atoms with Gasteiger partial charge in [0.15, 0.2) is 0 Å². The Hall–Kier alpha value is -0.640. The number of nitrogens with zero attached hydrogens (tertiary/aromatic N) is 1. The van der Waals surface area contributed by atoms with Crippen molar-refractivity contribution in [3.05, 3.63) is 0 Å². The highest BCUT2D eigenvalue weighted by atomic mass is 19.1. The predicted octanol–water partition coefficient (Wildman–Crippen LogP) is 1.14. The highest BCUT2D eigenvalue weighted by molar-refractivity contribution is 5.76. The SMILES string of the molecule is CCN(CC)CC(C)(F)C(=O)O. The van der Waals surface area contributed by atoms with Crippen LogP contribution in [0, 0.1) is 0 Å². The zero-order valence-electron chi connectivity index (χ0n) is 7.80. The molecule has 0 bridgehead atoms. The average Bonchev–Trinajstić information content (AvgIpc) is 2.00. The number of rotatable bonds is 5. The van der Waals surface area contributed by atoms with Crippen LogP contribution in [0.25, 0.3) is 0 Å². The summed E-state index contributed by atoms with van der Waals surface area (Å²) in [6.45, 7) is 6.14. The highest BCUT2D eigenvalue weighted by Crippen LogP contribution is 2.12. The van der Waals surface area contributed by atoms with E-state index >= 15 is 0 Å². The maximum absolute atomic E-state index is 13.2. The Morgan fingerprint density at radius 2 is 1.92 bits per heavy atom. The minimum Gasteiger partial charge on any atom is -0.479 e. The first-order chi connectivity index (χ1) is 5.44. The first-order valence-corrected chi connectivity index (χ1v) is 4.08. The van der Waals surface area contributed by atoms with Crippen molar-refractivity contribution in [2.45, 2.75) is 26.4 Å². The molecule has 1 N–H and O–H groups in total. The van der Waals surface area contributed by atoms with E-state index in [2.05, 4.69) is 0 Å². The van der Waals surface area contributed by atoms with Crippen molar-refractivity contribution in [3.63, 3.8) is 0 Å². The molecule has 0 aliphatic carbocycles. The maximum Gasteiger partial charge on any atom is 0.342 e. The normalized spacial score (nSPS) is 16.1. The summed E-state index contributed by atoms with van der Waals surface area (Å²) in [5.74, 6) is -1.39. The van der Waals surface area contributed by atoms with Crippen LogP contribution in [0.5, 0.6) is 0 Å². The van der Waals surface area contributed by atoms with Crippen molar-refractivity contribution in [1.82, 2.24) is 4.90 Å². The second kappa shape index (κ2) is 4.40. The fourth-order valence-electron chi connectivity index (χ4n) is 0.935. The molecule has 0 aromatic rings. The zero-order valence-corrected chi connectivity index (χ0v) is 7.80. The number of carboxylic acids is 1. The fraction of sp³-hybridized carbons (Fsp3) is 0.875. The van der Waals surface area contributed by atoms with Crippen molar-refractivity contribution in [2.75, 3.05) is 19.6 Å². The van der Waals surface area contributed by atoms with Crippen LogP contribution in [0.2, 0.25) is 0 Å². The molecule has 0 radical (unpaired) electrons. The molecule has 0 rings (SSSR count). The van der Waals surface area contributed by atoms with Crippen LogP contribution >= 0.6 is 0 Å². The third-order valence-corrected chi connectivity index (χ3v) is 1.86. The molecule has 12 heavy (non-hydrogen) atoms. The molecule has 0 aromatic heterocycles. The molecule has 0 heterocycles. The highest BCUT2D eigenvalue weighted by Gasteiger charge is 2.34. The van der Waals surface area contributed by atoms with Gasteiger partial charge in [0.05, 0.1) is 0 Å². The predicted molar refractivity (Wildman–Crippen MR) is 44.9 cm³/mol. The second-order valence-corrected chi connectivity index (χ2v) is 2.96. The largest absolute Gasteiger partial charge is 0.479 e. The number of halogens is 1. The van der Waals surface area contributed by atoms with E-state index in [1.54, 1.807) is 4.90 Å². The molecule has 0 spiro atoms. The third kappa shape index (κ3) is 3.17. The summed E-state index contributed by atoms with van der Waals surface area (Å²) < 4.78 is 13.2. The van der Waals surface area contributed by atoms with E-state index in [0.717, 1.165) is 6.92 Å². The monoisotopic (exact) mass is 177 g/mol. The number of hydrogen-bond donors (Lipinski definition) is 1. The molecule has 0 aromatic carbocycles. The summed E-state index contributed by atoms with van der Waals surface area (Å²) in [6, 6.07) is 0. The Morgan fingerprint density at radius 1 is 1.50 bits per heavy atom. The van der Waals surface area contributed by atoms with E-state index in [1.807, 2.05) is 13.8 Å². The lowest BCUT2D eigenvalue weighted by molar-refractivity contribution is -0.150. The Bertz CT molecular complexity index is 155. The summed E-state index contributed by atoms with van der Waals surface area (Å²) in [5, 5.41) is 8.48. The van der Waals surface area contributed by atoms with Gasteiger partial charge in [-0.1, -0.05) is 13.8 Å². The van der Waals surface area contributed by atoms with Gasteiger partial charge in [-0.2, -0.15) is 0 Å². The maximum atomic E-state index is 13.2. The van der Waals surface area contributed by atoms with Gasteiger partial charge in [-0.05, 0) is 20.0 Å². The Labute approximate surface area is 72.2 Å². The first kappa shape index (κ1) is 11.4. The van der Waals surface area contributed by atoms with Gasteiger partial charge in [-0.25, -0.2) is 9.18 Å². The van der Waals surface area contributed by atoms with Gasteiger partial charge in [0, 0.05) is 6.54 Å². The van der Waals surface area contributed by atoms with Gasteiger partial charge >= 0.3 is 5.97 Å². The lowest BCUT2D eigenvalue weighted by Crippen LogP contribution is -2.43. The van der Waals surface area contributed by atoms with E-state index in [-0.39, 0.29) is 6.54 Å². The molecule has 0 saturated carbocycles. The minimum atomic E-state index is -2.13. The van der Waals surface area contributed by atoms with Crippen molar-refractivity contribution in [3.8, 4) is 0 Å². The van der Waals surface area contributed by atoms with Crippen LogP contribution < -0.4 is 0 Å². The van der Waals surface area contributed by atoms with Crippen LogP contribution in [0.4, 0.5) is 4.39 Å². The lowest BCUT2D eigenvalue weighted by atomic mass is 10.1. The molecule has 72 valence electrons. The average molecular weight is 177 g/mol. The van der Waals surface area contributed by atoms with Crippen molar-refractivity contribution in [2.24, 2.45) is 0 Å². The van der Waals surface area contributed by atoms with E-state index in [4.69, 9.17) is 5.11 Å². The fourth-order valence-corrected chi connectivity index (χ4v) is 0.935.